The number of carbonyl (C=O) groups is 1. The maximum Gasteiger partial charge on any atom is 0.170 e. The summed E-state index contributed by atoms with van der Waals surface area (Å²) in [6, 6.07) is 5.36. The SMILES string of the molecule is COc1ccc(Br)c(C(=O)Cc2nccs2)c1. The Hall–Kier alpha value is -1.20. The van der Waals surface area contributed by atoms with Crippen LogP contribution >= 0.6 is 27.3 Å². The molecule has 0 spiro atoms. The molecule has 0 unspecified atom stereocenters. The highest BCUT2D eigenvalue weighted by atomic mass is 79.9. The van der Waals surface area contributed by atoms with Crippen LogP contribution in [0.5, 0.6) is 5.75 Å². The standard InChI is InChI=1S/C12H10BrNO2S/c1-16-8-2-3-10(13)9(6-8)11(15)7-12-14-4-5-17-12/h2-6H,7H2,1H3. The van der Waals surface area contributed by atoms with E-state index >= 15 is 0 Å². The first kappa shape index (κ1) is 12.3. The van der Waals surface area contributed by atoms with E-state index in [2.05, 4.69) is 20.9 Å². The van der Waals surface area contributed by atoms with Crippen LogP contribution in [0, 0.1) is 0 Å². The zero-order valence-corrected chi connectivity index (χ0v) is 11.5. The van der Waals surface area contributed by atoms with Crippen molar-refractivity contribution < 1.29 is 9.53 Å². The number of hydrogen-bond acceptors (Lipinski definition) is 4. The zero-order valence-electron chi connectivity index (χ0n) is 9.14. The number of Topliss-reactive ketones (excluding diaryl/α,β-unsaturated/α-hetero) is 1. The van der Waals surface area contributed by atoms with Crippen molar-refractivity contribution in [1.29, 1.82) is 0 Å². The first-order valence-corrected chi connectivity index (χ1v) is 6.63. The lowest BCUT2D eigenvalue weighted by atomic mass is 10.1. The number of hydrogen-bond donors (Lipinski definition) is 0. The van der Waals surface area contributed by atoms with E-state index < -0.39 is 0 Å². The number of carbonyl (C=O) groups excluding carboxylic acids is 1. The summed E-state index contributed by atoms with van der Waals surface area (Å²) in [5.74, 6) is 0.710. The fourth-order valence-corrected chi connectivity index (χ4v) is 2.50. The molecule has 2 aromatic rings. The summed E-state index contributed by atoms with van der Waals surface area (Å²) >= 11 is 4.85. The number of halogens is 1. The Balaban J connectivity index is 2.24. The molecule has 0 aliphatic heterocycles. The molecular weight excluding hydrogens is 302 g/mol. The Labute approximate surface area is 112 Å². The third-order valence-corrected chi connectivity index (χ3v) is 3.74. The minimum Gasteiger partial charge on any atom is -0.497 e. The topological polar surface area (TPSA) is 39.2 Å². The van der Waals surface area contributed by atoms with E-state index in [-0.39, 0.29) is 5.78 Å². The number of ether oxygens (including phenoxy) is 1. The Kier molecular flexibility index (Phi) is 3.91. The molecule has 0 N–H and O–H groups in total. The Morgan fingerprint density at radius 1 is 1.53 bits per heavy atom. The van der Waals surface area contributed by atoms with Crippen LogP contribution in [-0.4, -0.2) is 17.9 Å². The summed E-state index contributed by atoms with van der Waals surface area (Å²) in [7, 11) is 1.58. The number of nitrogens with zero attached hydrogens (tertiary/aromatic N) is 1. The van der Waals surface area contributed by atoms with E-state index in [1.54, 1.807) is 19.4 Å². The molecule has 0 atom stereocenters. The van der Waals surface area contributed by atoms with Gasteiger partial charge in [-0.05, 0) is 18.2 Å². The number of thiazole rings is 1. The third-order valence-electron chi connectivity index (χ3n) is 2.27. The molecule has 0 fully saturated rings. The van der Waals surface area contributed by atoms with E-state index in [1.165, 1.54) is 11.3 Å². The molecular formula is C12H10BrNO2S. The predicted octanol–water partition coefficient (Wildman–Crippen LogP) is 3.34. The maximum absolute atomic E-state index is 12.1. The van der Waals surface area contributed by atoms with Crippen LogP contribution in [0.3, 0.4) is 0 Å². The van der Waals surface area contributed by atoms with Crippen LogP contribution in [0.15, 0.2) is 34.2 Å². The van der Waals surface area contributed by atoms with Crippen molar-refractivity contribution >= 4 is 33.0 Å². The lowest BCUT2D eigenvalue weighted by Crippen LogP contribution is -2.04. The third kappa shape index (κ3) is 2.92. The van der Waals surface area contributed by atoms with Gasteiger partial charge in [0.1, 0.15) is 10.8 Å². The molecule has 17 heavy (non-hydrogen) atoms. The van der Waals surface area contributed by atoms with E-state index in [1.807, 2.05) is 17.5 Å². The highest BCUT2D eigenvalue weighted by Gasteiger charge is 2.13. The maximum atomic E-state index is 12.1. The molecule has 88 valence electrons. The average molecular weight is 312 g/mol. The first-order valence-electron chi connectivity index (χ1n) is 4.96. The van der Waals surface area contributed by atoms with Crippen molar-refractivity contribution in [2.75, 3.05) is 7.11 Å². The van der Waals surface area contributed by atoms with Gasteiger partial charge in [-0.25, -0.2) is 4.98 Å². The van der Waals surface area contributed by atoms with Gasteiger partial charge in [0.15, 0.2) is 5.78 Å². The molecule has 0 amide bonds. The molecule has 5 heteroatoms. The molecule has 0 saturated carbocycles. The smallest absolute Gasteiger partial charge is 0.170 e. The highest BCUT2D eigenvalue weighted by molar-refractivity contribution is 9.10. The van der Waals surface area contributed by atoms with Crippen molar-refractivity contribution in [2.45, 2.75) is 6.42 Å². The van der Waals surface area contributed by atoms with Gasteiger partial charge in [0.25, 0.3) is 0 Å². The van der Waals surface area contributed by atoms with Crippen LogP contribution < -0.4 is 4.74 Å². The largest absolute Gasteiger partial charge is 0.497 e. The normalized spacial score (nSPS) is 10.2. The van der Waals surface area contributed by atoms with E-state index in [4.69, 9.17) is 4.74 Å². The summed E-state index contributed by atoms with van der Waals surface area (Å²) < 4.78 is 5.89. The minimum atomic E-state index is 0.0331. The van der Waals surface area contributed by atoms with Gasteiger partial charge < -0.3 is 4.74 Å². The predicted molar refractivity (Wildman–Crippen MR) is 70.8 cm³/mol. The van der Waals surface area contributed by atoms with Crippen molar-refractivity contribution in [1.82, 2.24) is 4.98 Å². The summed E-state index contributed by atoms with van der Waals surface area (Å²) in [6.45, 7) is 0. The minimum absolute atomic E-state index is 0.0331. The number of aromatic nitrogens is 1. The number of methoxy groups -OCH3 is 1. The molecule has 0 aliphatic rings. The number of benzene rings is 1. The molecule has 1 aromatic heterocycles. The van der Waals surface area contributed by atoms with Crippen LogP contribution in [0.25, 0.3) is 0 Å². The second-order valence-electron chi connectivity index (χ2n) is 3.37. The van der Waals surface area contributed by atoms with Crippen molar-refractivity contribution in [3.05, 3.63) is 44.8 Å². The number of rotatable bonds is 4. The quantitative estimate of drug-likeness (QED) is 0.813. The zero-order chi connectivity index (χ0) is 12.3. The Morgan fingerprint density at radius 2 is 2.35 bits per heavy atom. The van der Waals surface area contributed by atoms with Gasteiger partial charge in [-0.3, -0.25) is 4.79 Å². The van der Waals surface area contributed by atoms with E-state index in [0.717, 1.165) is 9.48 Å². The van der Waals surface area contributed by atoms with Gasteiger partial charge in [-0.1, -0.05) is 15.9 Å². The van der Waals surface area contributed by atoms with Crippen LogP contribution in [0.1, 0.15) is 15.4 Å². The van der Waals surface area contributed by atoms with Crippen molar-refractivity contribution in [3.8, 4) is 5.75 Å². The van der Waals surface area contributed by atoms with Gasteiger partial charge in [0.05, 0.1) is 13.5 Å². The van der Waals surface area contributed by atoms with Gasteiger partial charge in [-0.15, -0.1) is 11.3 Å². The second kappa shape index (κ2) is 5.42. The first-order chi connectivity index (χ1) is 8.20. The van der Waals surface area contributed by atoms with Crippen LogP contribution in [0.4, 0.5) is 0 Å². The fraction of sp³-hybridized carbons (Fsp3) is 0.167. The molecule has 1 aromatic carbocycles. The van der Waals surface area contributed by atoms with Gasteiger partial charge in [0, 0.05) is 21.6 Å². The van der Waals surface area contributed by atoms with Crippen LogP contribution in [0.2, 0.25) is 0 Å². The van der Waals surface area contributed by atoms with Gasteiger partial charge >= 0.3 is 0 Å². The lowest BCUT2D eigenvalue weighted by Gasteiger charge is -2.05. The highest BCUT2D eigenvalue weighted by Crippen LogP contribution is 2.24. The molecule has 0 radical (unpaired) electrons. The molecule has 0 saturated heterocycles. The summed E-state index contributed by atoms with van der Waals surface area (Å²) in [6.07, 6.45) is 2.03. The van der Waals surface area contributed by atoms with Gasteiger partial charge in [-0.2, -0.15) is 0 Å². The molecule has 2 rings (SSSR count). The molecule has 3 nitrogen and oxygen atoms in total. The summed E-state index contributed by atoms with van der Waals surface area (Å²) in [5.41, 5.74) is 0.625. The Bertz CT molecular complexity index is 525. The lowest BCUT2D eigenvalue weighted by molar-refractivity contribution is 0.0992. The molecule has 0 bridgehead atoms. The van der Waals surface area contributed by atoms with E-state index in [9.17, 15) is 4.79 Å². The fourth-order valence-electron chi connectivity index (χ4n) is 1.42. The van der Waals surface area contributed by atoms with Crippen molar-refractivity contribution in [3.63, 3.8) is 0 Å². The molecule has 0 aliphatic carbocycles. The summed E-state index contributed by atoms with van der Waals surface area (Å²) in [5, 5.41) is 2.69. The van der Waals surface area contributed by atoms with Gasteiger partial charge in [0.2, 0.25) is 0 Å². The summed E-state index contributed by atoms with van der Waals surface area (Å²) in [4.78, 5) is 16.2. The second-order valence-corrected chi connectivity index (χ2v) is 5.21. The van der Waals surface area contributed by atoms with E-state index in [0.29, 0.717) is 17.7 Å². The average Bonchev–Trinajstić information content (AvgIpc) is 2.82. The monoisotopic (exact) mass is 311 g/mol. The van der Waals surface area contributed by atoms with Crippen molar-refractivity contribution in [2.24, 2.45) is 0 Å². The Morgan fingerprint density at radius 3 is 3.00 bits per heavy atom. The number of ketones is 1. The van der Waals surface area contributed by atoms with Crippen LogP contribution in [-0.2, 0) is 6.42 Å². The molecule has 1 heterocycles.